The minimum atomic E-state index is -0.353. The van der Waals surface area contributed by atoms with Crippen LogP contribution in [0.3, 0.4) is 0 Å². The molecule has 35 heavy (non-hydrogen) atoms. The smallest absolute Gasteiger partial charge is 0.355 e. The van der Waals surface area contributed by atoms with Gasteiger partial charge in [-0.15, -0.1) is 0 Å². The summed E-state index contributed by atoms with van der Waals surface area (Å²) in [4.78, 5) is 25.9. The molecule has 2 saturated carbocycles. The van der Waals surface area contributed by atoms with Crippen LogP contribution in [-0.2, 0) is 16.0 Å². The van der Waals surface area contributed by atoms with Crippen molar-refractivity contribution in [1.82, 2.24) is 9.55 Å². The SMILES string of the molecule is BrCC1CC1.CCOC(=O)c1cc2ccoc2[nH]1.CCOC(=O)c1cc2ccoc2n1CC1CC1. The van der Waals surface area contributed by atoms with Gasteiger partial charge in [-0.2, -0.15) is 0 Å². The summed E-state index contributed by atoms with van der Waals surface area (Å²) in [5.74, 6) is 1.12. The summed E-state index contributed by atoms with van der Waals surface area (Å²) in [5.41, 5.74) is 2.41. The van der Waals surface area contributed by atoms with Crippen molar-refractivity contribution in [3.8, 4) is 0 Å². The highest BCUT2D eigenvalue weighted by atomic mass is 79.9. The van der Waals surface area contributed by atoms with Gasteiger partial charge in [0.25, 0.3) is 0 Å². The minimum Gasteiger partial charge on any atom is -0.461 e. The van der Waals surface area contributed by atoms with E-state index in [-0.39, 0.29) is 11.9 Å². The monoisotopic (exact) mass is 546 g/mol. The predicted octanol–water partition coefficient (Wildman–Crippen LogP) is 6.55. The molecule has 4 heterocycles. The second-order valence-corrected chi connectivity index (χ2v) is 9.34. The Morgan fingerprint density at radius 3 is 2.23 bits per heavy atom. The molecule has 2 aliphatic carbocycles. The first-order chi connectivity index (χ1) is 17.0. The topological polar surface area (TPSA) is 99.6 Å². The van der Waals surface area contributed by atoms with Crippen LogP contribution in [-0.4, -0.2) is 40.0 Å². The lowest BCUT2D eigenvalue weighted by Gasteiger charge is -2.07. The number of carbonyl (C=O) groups is 2. The van der Waals surface area contributed by atoms with Crippen LogP contribution in [0.2, 0.25) is 0 Å². The van der Waals surface area contributed by atoms with Crippen molar-refractivity contribution in [2.24, 2.45) is 11.8 Å². The third kappa shape index (κ3) is 6.60. The van der Waals surface area contributed by atoms with E-state index in [9.17, 15) is 9.59 Å². The van der Waals surface area contributed by atoms with Crippen LogP contribution in [0.1, 0.15) is 60.5 Å². The predicted molar refractivity (Wildman–Crippen MR) is 136 cm³/mol. The third-order valence-electron chi connectivity index (χ3n) is 5.78. The van der Waals surface area contributed by atoms with E-state index in [0.717, 1.165) is 28.9 Å². The van der Waals surface area contributed by atoms with E-state index in [0.29, 0.717) is 36.2 Å². The first-order valence-electron chi connectivity index (χ1n) is 12.1. The van der Waals surface area contributed by atoms with Crippen LogP contribution in [0.15, 0.2) is 45.6 Å². The first kappa shape index (κ1) is 25.2. The van der Waals surface area contributed by atoms with Gasteiger partial charge >= 0.3 is 11.9 Å². The number of esters is 2. The van der Waals surface area contributed by atoms with E-state index in [1.165, 1.54) is 31.0 Å². The molecule has 0 saturated heterocycles. The van der Waals surface area contributed by atoms with Gasteiger partial charge in [-0.1, -0.05) is 15.9 Å². The summed E-state index contributed by atoms with van der Waals surface area (Å²) in [6, 6.07) is 7.21. The van der Waals surface area contributed by atoms with Crippen molar-refractivity contribution in [3.05, 3.63) is 48.2 Å². The number of ether oxygens (including phenoxy) is 2. The Labute approximate surface area is 212 Å². The molecule has 1 N–H and O–H groups in total. The number of furan rings is 2. The number of aromatic nitrogens is 2. The summed E-state index contributed by atoms with van der Waals surface area (Å²) in [5, 5.41) is 3.07. The molecular weight excluding hydrogens is 516 g/mol. The normalized spacial score (nSPS) is 14.7. The van der Waals surface area contributed by atoms with Crippen LogP contribution in [0.5, 0.6) is 0 Å². The molecule has 0 aromatic carbocycles. The number of nitrogens with one attached hydrogen (secondary N) is 1. The number of nitrogens with zero attached hydrogens (tertiary/aromatic N) is 1. The second kappa shape index (κ2) is 11.7. The van der Waals surface area contributed by atoms with Gasteiger partial charge < -0.3 is 27.9 Å². The lowest BCUT2D eigenvalue weighted by Crippen LogP contribution is -2.12. The number of aromatic amines is 1. The number of hydrogen-bond donors (Lipinski definition) is 1. The van der Waals surface area contributed by atoms with Gasteiger partial charge in [0.05, 0.1) is 25.7 Å². The molecule has 0 spiro atoms. The number of H-pyrrole nitrogens is 1. The molecule has 0 radical (unpaired) electrons. The molecule has 2 fully saturated rings. The number of rotatable bonds is 7. The Morgan fingerprint density at radius 1 is 0.971 bits per heavy atom. The molecule has 0 amide bonds. The van der Waals surface area contributed by atoms with Gasteiger partial charge in [-0.3, -0.25) is 0 Å². The number of halogens is 1. The highest BCUT2D eigenvalue weighted by Gasteiger charge is 2.26. The largest absolute Gasteiger partial charge is 0.461 e. The van der Waals surface area contributed by atoms with Crippen LogP contribution in [0, 0.1) is 11.8 Å². The van der Waals surface area contributed by atoms with Gasteiger partial charge in [-0.05, 0) is 75.6 Å². The molecule has 0 aliphatic heterocycles. The van der Waals surface area contributed by atoms with Crippen LogP contribution in [0.25, 0.3) is 22.2 Å². The van der Waals surface area contributed by atoms with E-state index in [1.807, 2.05) is 23.6 Å². The standard InChI is InChI=1S/C13H15NO3.C9H9NO3.C4H7Br/c1-2-16-13(15)11-7-10-5-6-17-12(10)14(11)8-9-3-4-9;1-2-12-9(11)7-5-6-3-4-13-8(6)10-7;5-3-4-1-2-4/h5-7,9H,2-4,8H2,1H3;3-5,10H,2H2,1H3;4H,1-3H2. The van der Waals surface area contributed by atoms with E-state index in [1.54, 1.807) is 31.6 Å². The second-order valence-electron chi connectivity index (χ2n) is 8.69. The van der Waals surface area contributed by atoms with Crippen molar-refractivity contribution in [1.29, 1.82) is 0 Å². The maximum absolute atomic E-state index is 11.9. The van der Waals surface area contributed by atoms with Gasteiger partial charge in [0, 0.05) is 22.6 Å². The maximum atomic E-state index is 11.9. The Kier molecular flexibility index (Phi) is 8.38. The Morgan fingerprint density at radius 2 is 1.63 bits per heavy atom. The Balaban J connectivity index is 0.000000141. The van der Waals surface area contributed by atoms with Gasteiger partial charge in [-0.25, -0.2) is 9.59 Å². The summed E-state index contributed by atoms with van der Waals surface area (Å²) in [6.07, 6.45) is 8.63. The first-order valence-corrected chi connectivity index (χ1v) is 13.2. The number of carbonyl (C=O) groups excluding carboxylic acids is 2. The van der Waals surface area contributed by atoms with Crippen molar-refractivity contribution in [3.63, 3.8) is 0 Å². The summed E-state index contributed by atoms with van der Waals surface area (Å²) in [7, 11) is 0. The van der Waals surface area contributed by atoms with Crippen molar-refractivity contribution < 1.29 is 27.9 Å². The average molecular weight is 547 g/mol. The molecule has 9 heteroatoms. The summed E-state index contributed by atoms with van der Waals surface area (Å²) in [6.45, 7) is 5.21. The highest BCUT2D eigenvalue weighted by molar-refractivity contribution is 9.09. The molecule has 6 rings (SSSR count). The summed E-state index contributed by atoms with van der Waals surface area (Å²) >= 11 is 3.38. The molecule has 8 nitrogen and oxygen atoms in total. The van der Waals surface area contributed by atoms with Crippen molar-refractivity contribution >= 4 is 50.1 Å². The van der Waals surface area contributed by atoms with E-state index < -0.39 is 0 Å². The molecule has 4 aromatic rings. The zero-order chi connectivity index (χ0) is 24.8. The molecule has 4 aromatic heterocycles. The zero-order valence-corrected chi connectivity index (χ0v) is 21.6. The third-order valence-corrected chi connectivity index (χ3v) is 6.69. The van der Waals surface area contributed by atoms with Crippen LogP contribution >= 0.6 is 15.9 Å². The molecule has 0 unspecified atom stereocenters. The Hall–Kier alpha value is -2.94. The average Bonchev–Trinajstić information content (AvgIpc) is 3.66. The molecule has 188 valence electrons. The number of alkyl halides is 1. The molecule has 0 atom stereocenters. The van der Waals surface area contributed by atoms with Gasteiger partial charge in [0.2, 0.25) is 11.4 Å². The molecule has 2 aliphatic rings. The van der Waals surface area contributed by atoms with Crippen LogP contribution < -0.4 is 0 Å². The van der Waals surface area contributed by atoms with E-state index in [4.69, 9.17) is 18.3 Å². The van der Waals surface area contributed by atoms with Crippen molar-refractivity contribution in [2.45, 2.75) is 46.1 Å². The van der Waals surface area contributed by atoms with Crippen molar-refractivity contribution in [2.75, 3.05) is 18.5 Å². The molecular formula is C26H31BrN2O6. The lowest BCUT2D eigenvalue weighted by molar-refractivity contribution is 0.0507. The van der Waals surface area contributed by atoms with Crippen LogP contribution in [0.4, 0.5) is 0 Å². The molecule has 0 bridgehead atoms. The highest BCUT2D eigenvalue weighted by Crippen LogP contribution is 2.33. The fourth-order valence-electron chi connectivity index (χ4n) is 3.53. The van der Waals surface area contributed by atoms with E-state index >= 15 is 0 Å². The van der Waals surface area contributed by atoms with E-state index in [2.05, 4.69) is 20.9 Å². The zero-order valence-electron chi connectivity index (χ0n) is 20.1. The Bertz CT molecular complexity index is 1230. The quantitative estimate of drug-likeness (QED) is 0.208. The lowest BCUT2D eigenvalue weighted by atomic mass is 10.3. The van der Waals surface area contributed by atoms with Gasteiger partial charge in [0.1, 0.15) is 11.4 Å². The summed E-state index contributed by atoms with van der Waals surface area (Å²) < 4.78 is 22.3. The fourth-order valence-corrected chi connectivity index (χ4v) is 4.18. The number of fused-ring (bicyclic) bond motifs is 2. The maximum Gasteiger partial charge on any atom is 0.355 e. The fraction of sp³-hybridized carbons (Fsp3) is 0.462. The van der Waals surface area contributed by atoms with Gasteiger partial charge in [0.15, 0.2) is 0 Å². The minimum absolute atomic E-state index is 0.264. The number of hydrogen-bond acceptors (Lipinski definition) is 6.